The second-order valence-corrected chi connectivity index (χ2v) is 4.69. The molecule has 0 aliphatic heterocycles. The van der Waals surface area contributed by atoms with E-state index in [4.69, 9.17) is 16.7 Å². The number of aliphatic carboxylic acids is 1. The molecule has 1 heterocycles. The smallest absolute Gasteiger partial charge is 0.328 e. The average molecular weight is 290 g/mol. The highest BCUT2D eigenvalue weighted by molar-refractivity contribution is 6.30. The Kier molecular flexibility index (Phi) is 4.05. The van der Waals surface area contributed by atoms with E-state index in [2.05, 4.69) is 0 Å². The van der Waals surface area contributed by atoms with Crippen LogP contribution < -0.4 is 5.43 Å². The summed E-state index contributed by atoms with van der Waals surface area (Å²) >= 11 is 5.84. The number of rotatable bonds is 3. The van der Waals surface area contributed by atoms with Crippen molar-refractivity contribution in [3.05, 3.63) is 69.1 Å². The quantitative estimate of drug-likeness (QED) is 0.884. The monoisotopic (exact) mass is 289 g/mol. The van der Waals surface area contributed by atoms with Crippen LogP contribution in [0, 0.1) is 6.92 Å². The molecule has 1 aromatic carbocycles. The number of carboxylic acids is 1. The van der Waals surface area contributed by atoms with Gasteiger partial charge in [0.1, 0.15) is 0 Å². The van der Waals surface area contributed by atoms with Crippen molar-refractivity contribution >= 4 is 23.6 Å². The highest BCUT2D eigenvalue weighted by atomic mass is 35.5. The van der Waals surface area contributed by atoms with Crippen molar-refractivity contribution < 1.29 is 9.90 Å². The molecule has 0 aliphatic rings. The lowest BCUT2D eigenvalue weighted by atomic mass is 10.2. The van der Waals surface area contributed by atoms with Crippen LogP contribution in [0.4, 0.5) is 0 Å². The highest BCUT2D eigenvalue weighted by Gasteiger charge is 2.04. The van der Waals surface area contributed by atoms with E-state index in [0.29, 0.717) is 10.6 Å². The molecule has 0 aliphatic carbocycles. The summed E-state index contributed by atoms with van der Waals surface area (Å²) in [5.41, 5.74) is 1.69. The summed E-state index contributed by atoms with van der Waals surface area (Å²) < 4.78 is 1.80. The van der Waals surface area contributed by atoms with Crippen LogP contribution in [0.25, 0.3) is 11.8 Å². The van der Waals surface area contributed by atoms with Crippen LogP contribution in [0.1, 0.15) is 11.3 Å². The van der Waals surface area contributed by atoms with Gasteiger partial charge in [-0.2, -0.15) is 0 Å². The van der Waals surface area contributed by atoms with Gasteiger partial charge in [0.05, 0.1) is 0 Å². The SMILES string of the molecule is Cc1cc(=O)c(/C=C/C(=O)O)cn1-c1ccc(Cl)cc1. The molecule has 0 saturated heterocycles. The van der Waals surface area contributed by atoms with E-state index in [1.165, 1.54) is 12.1 Å². The molecule has 0 radical (unpaired) electrons. The molecule has 102 valence electrons. The Morgan fingerprint density at radius 3 is 2.55 bits per heavy atom. The van der Waals surface area contributed by atoms with E-state index in [0.717, 1.165) is 17.5 Å². The lowest BCUT2D eigenvalue weighted by Gasteiger charge is -2.11. The van der Waals surface area contributed by atoms with Crippen LogP contribution in [-0.4, -0.2) is 15.6 Å². The minimum Gasteiger partial charge on any atom is -0.478 e. The van der Waals surface area contributed by atoms with Crippen molar-refractivity contribution in [2.75, 3.05) is 0 Å². The molecular weight excluding hydrogens is 278 g/mol. The first-order valence-corrected chi connectivity index (χ1v) is 6.25. The molecule has 1 N–H and O–H groups in total. The maximum Gasteiger partial charge on any atom is 0.328 e. The van der Waals surface area contributed by atoms with E-state index >= 15 is 0 Å². The zero-order valence-corrected chi connectivity index (χ0v) is 11.5. The summed E-state index contributed by atoms with van der Waals surface area (Å²) in [4.78, 5) is 22.3. The number of pyridine rings is 1. The van der Waals surface area contributed by atoms with Gasteiger partial charge in [0.15, 0.2) is 5.43 Å². The van der Waals surface area contributed by atoms with Gasteiger partial charge < -0.3 is 9.67 Å². The van der Waals surface area contributed by atoms with Crippen molar-refractivity contribution in [2.24, 2.45) is 0 Å². The molecule has 0 saturated carbocycles. The number of carboxylic acid groups (broad SMARTS) is 1. The minimum absolute atomic E-state index is 0.217. The second kappa shape index (κ2) is 5.75. The molecule has 0 fully saturated rings. The van der Waals surface area contributed by atoms with Crippen LogP contribution in [0.15, 0.2) is 47.4 Å². The fourth-order valence-corrected chi connectivity index (χ4v) is 1.94. The molecule has 2 aromatic rings. The van der Waals surface area contributed by atoms with Crippen molar-refractivity contribution in [3.63, 3.8) is 0 Å². The van der Waals surface area contributed by atoms with Crippen molar-refractivity contribution in [2.45, 2.75) is 6.92 Å². The number of carbonyl (C=O) groups is 1. The molecular formula is C15H12ClNO3. The zero-order chi connectivity index (χ0) is 14.7. The first-order valence-electron chi connectivity index (χ1n) is 5.87. The van der Waals surface area contributed by atoms with Gasteiger partial charge in [-0.3, -0.25) is 4.79 Å². The third-order valence-corrected chi connectivity index (χ3v) is 3.03. The molecule has 0 amide bonds. The van der Waals surface area contributed by atoms with Crippen LogP contribution in [-0.2, 0) is 4.79 Å². The molecule has 20 heavy (non-hydrogen) atoms. The van der Waals surface area contributed by atoms with E-state index in [-0.39, 0.29) is 5.43 Å². The number of aromatic nitrogens is 1. The first-order chi connectivity index (χ1) is 9.47. The Morgan fingerprint density at radius 1 is 1.30 bits per heavy atom. The third kappa shape index (κ3) is 3.16. The van der Waals surface area contributed by atoms with Crippen molar-refractivity contribution in [1.82, 2.24) is 4.57 Å². The van der Waals surface area contributed by atoms with Crippen LogP contribution in [0.2, 0.25) is 5.02 Å². The minimum atomic E-state index is -1.09. The molecule has 0 unspecified atom stereocenters. The van der Waals surface area contributed by atoms with Crippen LogP contribution >= 0.6 is 11.6 Å². The molecule has 4 nitrogen and oxygen atoms in total. The first kappa shape index (κ1) is 14.1. The van der Waals surface area contributed by atoms with Gasteiger partial charge in [0, 0.05) is 40.3 Å². The van der Waals surface area contributed by atoms with E-state index in [9.17, 15) is 9.59 Å². The van der Waals surface area contributed by atoms with E-state index in [1.54, 1.807) is 29.8 Å². The van der Waals surface area contributed by atoms with Crippen molar-refractivity contribution in [3.8, 4) is 5.69 Å². The fraction of sp³-hybridized carbons (Fsp3) is 0.0667. The highest BCUT2D eigenvalue weighted by Crippen LogP contribution is 2.15. The van der Waals surface area contributed by atoms with E-state index in [1.807, 2.05) is 12.1 Å². The summed E-state index contributed by atoms with van der Waals surface area (Å²) in [6.07, 6.45) is 3.84. The topological polar surface area (TPSA) is 59.3 Å². The van der Waals surface area contributed by atoms with Crippen LogP contribution in [0.5, 0.6) is 0 Å². The van der Waals surface area contributed by atoms with Crippen LogP contribution in [0.3, 0.4) is 0 Å². The number of halogens is 1. The largest absolute Gasteiger partial charge is 0.478 e. The molecule has 0 spiro atoms. The van der Waals surface area contributed by atoms with Gasteiger partial charge in [-0.05, 0) is 37.3 Å². The number of aryl methyl sites for hydroxylation is 1. The Balaban J connectivity index is 2.54. The van der Waals surface area contributed by atoms with Gasteiger partial charge in [0.25, 0.3) is 0 Å². The summed E-state index contributed by atoms with van der Waals surface area (Å²) in [7, 11) is 0. The fourth-order valence-electron chi connectivity index (χ4n) is 1.81. The maximum atomic E-state index is 11.8. The Hall–Kier alpha value is -2.33. The average Bonchev–Trinajstić information content (AvgIpc) is 2.39. The third-order valence-electron chi connectivity index (χ3n) is 2.78. The lowest BCUT2D eigenvalue weighted by molar-refractivity contribution is -0.131. The lowest BCUT2D eigenvalue weighted by Crippen LogP contribution is -2.11. The number of nitrogens with zero attached hydrogens (tertiary/aromatic N) is 1. The van der Waals surface area contributed by atoms with E-state index < -0.39 is 5.97 Å². The molecule has 5 heteroatoms. The Labute approximate surface area is 120 Å². The molecule has 1 aromatic heterocycles. The van der Waals surface area contributed by atoms with Gasteiger partial charge in [0.2, 0.25) is 0 Å². The summed E-state index contributed by atoms with van der Waals surface area (Å²) in [5, 5.41) is 9.25. The van der Waals surface area contributed by atoms with Gasteiger partial charge >= 0.3 is 5.97 Å². The Morgan fingerprint density at radius 2 is 1.95 bits per heavy atom. The molecule has 2 rings (SSSR count). The summed E-state index contributed by atoms with van der Waals surface area (Å²) in [6.45, 7) is 1.81. The number of hydrogen-bond donors (Lipinski definition) is 1. The standard InChI is InChI=1S/C15H12ClNO3/c1-10-8-14(18)11(2-7-15(19)20)9-17(10)13-5-3-12(16)4-6-13/h2-9H,1H3,(H,19,20)/b7-2+. The normalized spacial score (nSPS) is 10.9. The molecule has 0 bridgehead atoms. The predicted molar refractivity (Wildman–Crippen MR) is 78.5 cm³/mol. The summed E-state index contributed by atoms with van der Waals surface area (Å²) in [5.74, 6) is -1.09. The van der Waals surface area contributed by atoms with Gasteiger partial charge in [-0.1, -0.05) is 11.6 Å². The zero-order valence-electron chi connectivity index (χ0n) is 10.7. The maximum absolute atomic E-state index is 11.8. The van der Waals surface area contributed by atoms with Gasteiger partial charge in [-0.15, -0.1) is 0 Å². The second-order valence-electron chi connectivity index (χ2n) is 4.25. The molecule has 0 atom stereocenters. The van der Waals surface area contributed by atoms with Crippen molar-refractivity contribution in [1.29, 1.82) is 0 Å². The summed E-state index contributed by atoms with van der Waals surface area (Å²) in [6, 6.07) is 8.62. The number of hydrogen-bond acceptors (Lipinski definition) is 2. The Bertz CT molecular complexity index is 730. The van der Waals surface area contributed by atoms with Gasteiger partial charge in [-0.25, -0.2) is 4.79 Å². The predicted octanol–water partition coefficient (Wildman–Crippen LogP) is 2.90. The number of benzene rings is 1.